The normalized spacial score (nSPS) is 13.0. The van der Waals surface area contributed by atoms with Gasteiger partial charge in [0.05, 0.1) is 6.20 Å². The van der Waals surface area contributed by atoms with Crippen LogP contribution >= 0.6 is 11.3 Å². The predicted molar refractivity (Wildman–Crippen MR) is 51.4 cm³/mol. The smallest absolute Gasteiger partial charge is 0.125 e. The van der Waals surface area contributed by atoms with E-state index in [1.54, 1.807) is 6.20 Å². The first-order valence-electron chi connectivity index (χ1n) is 3.79. The number of aromatic amines is 1. The molecule has 2 heterocycles. The molecule has 0 aliphatic rings. The Bertz CT molecular complexity index is 382. The Labute approximate surface area is 79.0 Å². The number of nitrogens with zero attached hydrogens (tertiary/aromatic N) is 1. The van der Waals surface area contributed by atoms with Crippen LogP contribution < -0.4 is 5.73 Å². The average molecular weight is 195 g/mol. The summed E-state index contributed by atoms with van der Waals surface area (Å²) in [4.78, 5) is 0.869. The molecular formula is C8H9N3OS. The zero-order chi connectivity index (χ0) is 9.26. The fraction of sp³-hybridized carbons (Fsp3) is 0.125. The highest BCUT2D eigenvalue weighted by Gasteiger charge is 2.15. The maximum atomic E-state index is 9.82. The van der Waals surface area contributed by atoms with Crippen molar-refractivity contribution in [3.05, 3.63) is 34.2 Å². The van der Waals surface area contributed by atoms with Crippen molar-refractivity contribution in [3.63, 3.8) is 0 Å². The molecule has 4 N–H and O–H groups in total. The van der Waals surface area contributed by atoms with Gasteiger partial charge in [0.15, 0.2) is 0 Å². The fourth-order valence-electron chi connectivity index (χ4n) is 1.12. The number of nitrogen functional groups attached to an aromatic ring is 1. The lowest BCUT2D eigenvalue weighted by molar-refractivity contribution is 0.225. The molecule has 2 aromatic rings. The lowest BCUT2D eigenvalue weighted by Crippen LogP contribution is -1.99. The number of anilines is 1. The summed E-state index contributed by atoms with van der Waals surface area (Å²) in [7, 11) is 0. The van der Waals surface area contributed by atoms with E-state index in [-0.39, 0.29) is 0 Å². The van der Waals surface area contributed by atoms with Crippen molar-refractivity contribution in [2.45, 2.75) is 6.10 Å². The van der Waals surface area contributed by atoms with Crippen molar-refractivity contribution in [2.24, 2.45) is 0 Å². The molecule has 5 heteroatoms. The zero-order valence-electron chi connectivity index (χ0n) is 6.77. The van der Waals surface area contributed by atoms with Crippen LogP contribution in [0.25, 0.3) is 0 Å². The van der Waals surface area contributed by atoms with Crippen LogP contribution in [0.4, 0.5) is 5.82 Å². The molecule has 13 heavy (non-hydrogen) atoms. The van der Waals surface area contributed by atoms with Gasteiger partial charge in [0.1, 0.15) is 11.9 Å². The molecule has 0 saturated carbocycles. The highest BCUT2D eigenvalue weighted by atomic mass is 32.1. The Morgan fingerprint density at radius 1 is 1.62 bits per heavy atom. The third-order valence-electron chi connectivity index (χ3n) is 1.81. The molecule has 0 aliphatic heterocycles. The van der Waals surface area contributed by atoms with Crippen LogP contribution in [0.15, 0.2) is 23.7 Å². The van der Waals surface area contributed by atoms with E-state index >= 15 is 0 Å². The molecule has 2 aromatic heterocycles. The van der Waals surface area contributed by atoms with E-state index in [1.165, 1.54) is 11.3 Å². The summed E-state index contributed by atoms with van der Waals surface area (Å²) in [5.74, 6) is 0.418. The molecule has 0 saturated heterocycles. The van der Waals surface area contributed by atoms with Crippen molar-refractivity contribution in [3.8, 4) is 0 Å². The summed E-state index contributed by atoms with van der Waals surface area (Å²) in [5.41, 5.74) is 6.20. The van der Waals surface area contributed by atoms with Gasteiger partial charge in [0, 0.05) is 10.4 Å². The van der Waals surface area contributed by atoms with Crippen molar-refractivity contribution < 1.29 is 5.11 Å². The van der Waals surface area contributed by atoms with Gasteiger partial charge in [0.2, 0.25) is 0 Å². The molecule has 0 radical (unpaired) electrons. The average Bonchev–Trinajstić information content (AvgIpc) is 2.72. The molecular weight excluding hydrogens is 186 g/mol. The van der Waals surface area contributed by atoms with Crippen molar-refractivity contribution in [1.82, 2.24) is 10.2 Å². The Hall–Kier alpha value is -1.33. The first-order chi connectivity index (χ1) is 6.29. The predicted octanol–water partition coefficient (Wildman–Crippen LogP) is 1.14. The summed E-state index contributed by atoms with van der Waals surface area (Å²) in [6.45, 7) is 0. The first kappa shape index (κ1) is 8.28. The minimum atomic E-state index is -0.668. The van der Waals surface area contributed by atoms with Crippen LogP contribution in [-0.2, 0) is 0 Å². The number of nitrogens with one attached hydrogen (secondary N) is 1. The van der Waals surface area contributed by atoms with Crippen LogP contribution in [0.2, 0.25) is 0 Å². The highest BCUT2D eigenvalue weighted by Crippen LogP contribution is 2.27. The standard InChI is InChI=1S/C8H9N3OS/c9-8-5(4-10-11-8)7(12)6-2-1-3-13-6/h1-4,7,12H,(H3,9,10,11). The van der Waals surface area contributed by atoms with Gasteiger partial charge in [-0.25, -0.2) is 0 Å². The number of hydrogen-bond acceptors (Lipinski definition) is 4. The van der Waals surface area contributed by atoms with Crippen LogP contribution in [0.3, 0.4) is 0 Å². The van der Waals surface area contributed by atoms with Gasteiger partial charge in [-0.05, 0) is 11.4 Å². The van der Waals surface area contributed by atoms with E-state index in [0.29, 0.717) is 11.4 Å². The lowest BCUT2D eigenvalue weighted by Gasteiger charge is -2.05. The molecule has 2 rings (SSSR count). The summed E-state index contributed by atoms with van der Waals surface area (Å²) in [6.07, 6.45) is 0.874. The van der Waals surface area contributed by atoms with Gasteiger partial charge < -0.3 is 10.8 Å². The molecule has 0 fully saturated rings. The SMILES string of the molecule is Nc1[nH]ncc1C(O)c1cccs1. The van der Waals surface area contributed by atoms with Gasteiger partial charge in [-0.2, -0.15) is 5.10 Å². The topological polar surface area (TPSA) is 74.9 Å². The van der Waals surface area contributed by atoms with Crippen molar-refractivity contribution in [1.29, 1.82) is 0 Å². The number of thiophene rings is 1. The molecule has 0 amide bonds. The minimum Gasteiger partial charge on any atom is -0.384 e. The Kier molecular flexibility index (Phi) is 2.03. The second-order valence-corrected chi connectivity index (χ2v) is 3.64. The number of hydrogen-bond donors (Lipinski definition) is 3. The van der Waals surface area contributed by atoms with Gasteiger partial charge in [-0.1, -0.05) is 6.07 Å². The van der Waals surface area contributed by atoms with E-state index < -0.39 is 6.10 Å². The van der Waals surface area contributed by atoms with Crippen molar-refractivity contribution in [2.75, 3.05) is 5.73 Å². The van der Waals surface area contributed by atoms with Crippen LogP contribution in [-0.4, -0.2) is 15.3 Å². The Morgan fingerprint density at radius 3 is 3.00 bits per heavy atom. The van der Waals surface area contributed by atoms with Gasteiger partial charge in [-0.3, -0.25) is 5.10 Å². The summed E-state index contributed by atoms with van der Waals surface area (Å²) < 4.78 is 0. The van der Waals surface area contributed by atoms with E-state index in [2.05, 4.69) is 10.2 Å². The molecule has 0 spiro atoms. The number of aliphatic hydroxyl groups is 1. The second kappa shape index (κ2) is 3.20. The molecule has 0 bridgehead atoms. The maximum absolute atomic E-state index is 9.82. The minimum absolute atomic E-state index is 0.418. The molecule has 0 aliphatic carbocycles. The number of H-pyrrole nitrogens is 1. The number of aromatic nitrogens is 2. The Morgan fingerprint density at radius 2 is 2.46 bits per heavy atom. The molecule has 68 valence electrons. The van der Waals surface area contributed by atoms with E-state index in [9.17, 15) is 5.11 Å². The molecule has 0 aromatic carbocycles. The summed E-state index contributed by atoms with van der Waals surface area (Å²) >= 11 is 1.49. The zero-order valence-corrected chi connectivity index (χ0v) is 7.58. The maximum Gasteiger partial charge on any atom is 0.125 e. The number of rotatable bonds is 2. The monoisotopic (exact) mass is 195 g/mol. The second-order valence-electron chi connectivity index (χ2n) is 2.66. The van der Waals surface area contributed by atoms with Gasteiger partial charge >= 0.3 is 0 Å². The number of aliphatic hydroxyl groups excluding tert-OH is 1. The summed E-state index contributed by atoms with van der Waals surface area (Å²) in [6, 6.07) is 3.75. The molecule has 1 atom stereocenters. The molecule has 4 nitrogen and oxygen atoms in total. The highest BCUT2D eigenvalue weighted by molar-refractivity contribution is 7.10. The van der Waals surface area contributed by atoms with Crippen LogP contribution in [0.1, 0.15) is 16.5 Å². The summed E-state index contributed by atoms with van der Waals surface area (Å²) in [5, 5.41) is 18.1. The van der Waals surface area contributed by atoms with Crippen LogP contribution in [0.5, 0.6) is 0 Å². The Balaban J connectivity index is 2.33. The third kappa shape index (κ3) is 1.43. The number of nitrogens with two attached hydrogens (primary N) is 1. The third-order valence-corrected chi connectivity index (χ3v) is 2.73. The van der Waals surface area contributed by atoms with Crippen LogP contribution in [0, 0.1) is 0 Å². The van der Waals surface area contributed by atoms with Gasteiger partial charge in [-0.15, -0.1) is 11.3 Å². The first-order valence-corrected chi connectivity index (χ1v) is 4.67. The quantitative estimate of drug-likeness (QED) is 0.672. The lowest BCUT2D eigenvalue weighted by atomic mass is 10.1. The molecule has 1 unspecified atom stereocenters. The van der Waals surface area contributed by atoms with Crippen molar-refractivity contribution >= 4 is 17.2 Å². The van der Waals surface area contributed by atoms with E-state index in [1.807, 2.05) is 17.5 Å². The largest absolute Gasteiger partial charge is 0.384 e. The van der Waals surface area contributed by atoms with E-state index in [0.717, 1.165) is 4.88 Å². The van der Waals surface area contributed by atoms with Gasteiger partial charge in [0.25, 0.3) is 0 Å². The van der Waals surface area contributed by atoms with E-state index in [4.69, 9.17) is 5.73 Å². The fourth-order valence-corrected chi connectivity index (χ4v) is 1.85.